The van der Waals surface area contributed by atoms with Crippen LogP contribution in [0.5, 0.6) is 11.6 Å². The quantitative estimate of drug-likeness (QED) is 0.691. The van der Waals surface area contributed by atoms with E-state index in [1.807, 2.05) is 0 Å². The van der Waals surface area contributed by atoms with E-state index in [1.54, 1.807) is 6.07 Å². The molecule has 1 N–H and O–H groups in total. The average molecular weight is 423 g/mol. The van der Waals surface area contributed by atoms with Gasteiger partial charge in [0.2, 0.25) is 5.88 Å². The van der Waals surface area contributed by atoms with Crippen LogP contribution in [-0.4, -0.2) is 30.0 Å². The molecule has 0 bridgehead atoms. The van der Waals surface area contributed by atoms with Gasteiger partial charge in [0.1, 0.15) is 23.7 Å². The van der Waals surface area contributed by atoms with Gasteiger partial charge in [-0.1, -0.05) is 0 Å². The van der Waals surface area contributed by atoms with Crippen LogP contribution in [-0.2, 0) is 9.53 Å². The predicted molar refractivity (Wildman–Crippen MR) is 94.4 cm³/mol. The van der Waals surface area contributed by atoms with Gasteiger partial charge < -0.3 is 14.8 Å². The molecule has 8 heteroatoms. The third-order valence-electron chi connectivity index (χ3n) is 3.69. The van der Waals surface area contributed by atoms with Crippen LogP contribution >= 0.6 is 15.9 Å². The smallest absolute Gasteiger partial charge is 0.325 e. The Morgan fingerprint density at radius 3 is 2.85 bits per heavy atom. The molecular weight excluding hydrogens is 407 g/mol. The number of aromatic nitrogens is 1. The molecule has 1 aliphatic rings. The molecule has 1 aromatic heterocycles. The number of esters is 1. The first kappa shape index (κ1) is 18.3. The fourth-order valence-electron chi connectivity index (χ4n) is 2.10. The molecule has 0 aliphatic heterocycles. The van der Waals surface area contributed by atoms with Crippen molar-refractivity contribution in [3.8, 4) is 11.6 Å². The Bertz CT molecular complexity index is 827. The maximum atomic E-state index is 13.2. The van der Waals surface area contributed by atoms with Crippen LogP contribution in [0.2, 0.25) is 0 Å². The summed E-state index contributed by atoms with van der Waals surface area (Å²) in [7, 11) is 0. The maximum Gasteiger partial charge on any atom is 0.325 e. The molecule has 1 heterocycles. The minimum Gasteiger partial charge on any atom is -0.464 e. The van der Waals surface area contributed by atoms with E-state index in [0.29, 0.717) is 22.7 Å². The van der Waals surface area contributed by atoms with Crippen LogP contribution < -0.4 is 10.1 Å². The maximum absolute atomic E-state index is 13.2. The number of hydrogen-bond donors (Lipinski definition) is 1. The van der Waals surface area contributed by atoms with Crippen LogP contribution in [0.1, 0.15) is 23.2 Å². The number of ether oxygens (including phenoxy) is 2. The Morgan fingerprint density at radius 1 is 1.31 bits per heavy atom. The number of pyridine rings is 1. The van der Waals surface area contributed by atoms with E-state index in [0.717, 1.165) is 12.8 Å². The first-order valence-corrected chi connectivity index (χ1v) is 8.84. The summed E-state index contributed by atoms with van der Waals surface area (Å²) >= 11 is 3.20. The second-order valence-corrected chi connectivity index (χ2v) is 6.70. The fraction of sp³-hybridized carbons (Fsp3) is 0.278. The molecule has 1 aliphatic carbocycles. The van der Waals surface area contributed by atoms with E-state index < -0.39 is 17.7 Å². The van der Waals surface area contributed by atoms with E-state index in [2.05, 4.69) is 26.2 Å². The summed E-state index contributed by atoms with van der Waals surface area (Å²) in [5, 5.41) is 2.49. The lowest BCUT2D eigenvalue weighted by atomic mass is 10.2. The predicted octanol–water partition coefficient (Wildman–Crippen LogP) is 3.46. The summed E-state index contributed by atoms with van der Waals surface area (Å²) < 4.78 is 24.2. The Kier molecular flexibility index (Phi) is 5.82. The largest absolute Gasteiger partial charge is 0.464 e. The minimum atomic E-state index is -0.519. The number of rotatable bonds is 7. The lowest BCUT2D eigenvalue weighted by Gasteiger charge is -2.11. The lowest BCUT2D eigenvalue weighted by Crippen LogP contribution is -2.31. The van der Waals surface area contributed by atoms with Crippen molar-refractivity contribution >= 4 is 27.8 Å². The summed E-state index contributed by atoms with van der Waals surface area (Å²) in [6, 6.07) is 7.00. The zero-order valence-electron chi connectivity index (χ0n) is 13.7. The minimum absolute atomic E-state index is 0.0451. The normalized spacial score (nSPS) is 13.2. The van der Waals surface area contributed by atoms with Gasteiger partial charge in [-0.25, -0.2) is 9.37 Å². The van der Waals surface area contributed by atoms with Gasteiger partial charge in [-0.15, -0.1) is 0 Å². The van der Waals surface area contributed by atoms with Gasteiger partial charge in [0, 0.05) is 6.20 Å². The van der Waals surface area contributed by atoms with E-state index >= 15 is 0 Å². The molecule has 1 fully saturated rings. The number of hydrogen-bond acceptors (Lipinski definition) is 5. The van der Waals surface area contributed by atoms with Crippen molar-refractivity contribution in [1.82, 2.24) is 10.3 Å². The molecule has 6 nitrogen and oxygen atoms in total. The molecule has 136 valence electrons. The number of benzene rings is 1. The molecule has 3 rings (SSSR count). The highest BCUT2D eigenvalue weighted by atomic mass is 79.9. The molecule has 0 radical (unpaired) electrons. The standard InChI is InChI=1S/C18H16BrFN2O4/c19-14-8-12(20)5-6-15(14)26-18-13(2-1-7-21-18)17(24)22-9-16(23)25-10-11-3-4-11/h1-2,5-8,11H,3-4,9-10H2,(H,22,24). The topological polar surface area (TPSA) is 77.5 Å². The van der Waals surface area contributed by atoms with Gasteiger partial charge in [-0.3, -0.25) is 9.59 Å². The average Bonchev–Trinajstić information content (AvgIpc) is 3.45. The highest BCUT2D eigenvalue weighted by Gasteiger charge is 2.23. The van der Waals surface area contributed by atoms with Gasteiger partial charge in [-0.2, -0.15) is 0 Å². The second kappa shape index (κ2) is 8.27. The number of carbonyl (C=O) groups is 2. The Hall–Kier alpha value is -2.48. The lowest BCUT2D eigenvalue weighted by molar-refractivity contribution is -0.142. The number of nitrogens with zero attached hydrogens (tertiary/aromatic N) is 1. The van der Waals surface area contributed by atoms with Gasteiger partial charge >= 0.3 is 5.97 Å². The van der Waals surface area contributed by atoms with Crippen LogP contribution in [0, 0.1) is 11.7 Å². The zero-order valence-corrected chi connectivity index (χ0v) is 15.3. The van der Waals surface area contributed by atoms with Crippen molar-refractivity contribution in [3.63, 3.8) is 0 Å². The Morgan fingerprint density at radius 2 is 2.12 bits per heavy atom. The van der Waals surface area contributed by atoms with Crippen molar-refractivity contribution < 1.29 is 23.5 Å². The van der Waals surface area contributed by atoms with E-state index in [9.17, 15) is 14.0 Å². The molecule has 1 aromatic carbocycles. The third kappa shape index (κ3) is 5.01. The van der Waals surface area contributed by atoms with Crippen LogP contribution in [0.3, 0.4) is 0 Å². The number of carbonyl (C=O) groups excluding carboxylic acids is 2. The highest BCUT2D eigenvalue weighted by Crippen LogP contribution is 2.31. The molecule has 26 heavy (non-hydrogen) atoms. The summed E-state index contributed by atoms with van der Waals surface area (Å²) in [4.78, 5) is 28.0. The van der Waals surface area contributed by atoms with E-state index in [1.165, 1.54) is 30.5 Å². The van der Waals surface area contributed by atoms with Crippen molar-refractivity contribution in [2.24, 2.45) is 5.92 Å². The Labute approximate surface area is 157 Å². The molecule has 1 amide bonds. The van der Waals surface area contributed by atoms with Gasteiger partial charge in [-0.05, 0) is 65.0 Å². The molecule has 0 unspecified atom stereocenters. The monoisotopic (exact) mass is 422 g/mol. The number of amides is 1. The van der Waals surface area contributed by atoms with Crippen LogP contribution in [0.4, 0.5) is 4.39 Å². The summed E-state index contributed by atoms with van der Waals surface area (Å²) in [5.41, 5.74) is 0.152. The van der Waals surface area contributed by atoms with E-state index in [-0.39, 0.29) is 18.0 Å². The molecular formula is C18H16BrFN2O4. The van der Waals surface area contributed by atoms with Gasteiger partial charge in [0.05, 0.1) is 11.1 Å². The van der Waals surface area contributed by atoms with Crippen LogP contribution in [0.25, 0.3) is 0 Å². The number of nitrogens with one attached hydrogen (secondary N) is 1. The third-order valence-corrected chi connectivity index (χ3v) is 4.31. The van der Waals surface area contributed by atoms with Gasteiger partial charge in [0.25, 0.3) is 5.91 Å². The zero-order chi connectivity index (χ0) is 18.5. The van der Waals surface area contributed by atoms with Crippen LogP contribution in [0.15, 0.2) is 41.0 Å². The Balaban J connectivity index is 1.63. The first-order chi connectivity index (χ1) is 12.5. The molecule has 1 saturated carbocycles. The highest BCUT2D eigenvalue weighted by molar-refractivity contribution is 9.10. The SMILES string of the molecule is O=C(CNC(=O)c1cccnc1Oc1ccc(F)cc1Br)OCC1CC1. The fourth-order valence-corrected chi connectivity index (χ4v) is 2.53. The van der Waals surface area contributed by atoms with Crippen molar-refractivity contribution in [3.05, 3.63) is 52.4 Å². The number of halogens is 2. The summed E-state index contributed by atoms with van der Waals surface area (Å²) in [5.74, 6) is -0.616. The van der Waals surface area contributed by atoms with Crippen molar-refractivity contribution in [1.29, 1.82) is 0 Å². The summed E-state index contributed by atoms with van der Waals surface area (Å²) in [6.45, 7) is 0.161. The van der Waals surface area contributed by atoms with Crippen molar-refractivity contribution in [2.75, 3.05) is 13.2 Å². The second-order valence-electron chi connectivity index (χ2n) is 5.84. The molecule has 0 saturated heterocycles. The van der Waals surface area contributed by atoms with Gasteiger partial charge in [0.15, 0.2) is 0 Å². The van der Waals surface area contributed by atoms with Crippen molar-refractivity contribution in [2.45, 2.75) is 12.8 Å². The molecule has 2 aromatic rings. The summed E-state index contributed by atoms with van der Waals surface area (Å²) in [6.07, 6.45) is 3.62. The molecule has 0 atom stereocenters. The van der Waals surface area contributed by atoms with E-state index in [4.69, 9.17) is 9.47 Å². The first-order valence-electron chi connectivity index (χ1n) is 8.04. The molecule has 0 spiro atoms.